The van der Waals surface area contributed by atoms with Crippen LogP contribution in [0, 0.1) is 0 Å². The van der Waals surface area contributed by atoms with E-state index in [0.29, 0.717) is 0 Å². The van der Waals surface area contributed by atoms with E-state index in [-0.39, 0.29) is 5.41 Å². The first-order valence-electron chi connectivity index (χ1n) is 15.2. The van der Waals surface area contributed by atoms with Gasteiger partial charge in [0.25, 0.3) is 0 Å². The van der Waals surface area contributed by atoms with E-state index in [1.165, 1.54) is 87.6 Å². The number of benzene rings is 8. The molecule has 0 aliphatic heterocycles. The molecule has 0 bridgehead atoms. The Bertz CT molecular complexity index is 2360. The van der Waals surface area contributed by atoms with Crippen LogP contribution in [0.3, 0.4) is 0 Å². The fraction of sp³-hybridized carbons (Fsp3) is 0.0698. The summed E-state index contributed by atoms with van der Waals surface area (Å²) in [6.07, 6.45) is 0. The summed E-state index contributed by atoms with van der Waals surface area (Å²) in [5.41, 5.74) is 10.7. The predicted molar refractivity (Wildman–Crippen MR) is 185 cm³/mol. The van der Waals surface area contributed by atoms with Crippen molar-refractivity contribution in [3.8, 4) is 33.4 Å². The van der Waals surface area contributed by atoms with Crippen LogP contribution in [-0.4, -0.2) is 0 Å². The van der Waals surface area contributed by atoms with Crippen molar-refractivity contribution in [2.75, 3.05) is 0 Å². The molecule has 202 valence electrons. The molecule has 0 atom stereocenters. The third-order valence-corrected chi connectivity index (χ3v) is 9.80. The average molecular weight is 547 g/mol. The highest BCUT2D eigenvalue weighted by Gasteiger charge is 2.39. The van der Waals surface area contributed by atoms with Crippen LogP contribution < -0.4 is 0 Å². The highest BCUT2D eigenvalue weighted by Crippen LogP contribution is 2.56. The van der Waals surface area contributed by atoms with Crippen LogP contribution in [0.2, 0.25) is 0 Å². The van der Waals surface area contributed by atoms with Gasteiger partial charge in [-0.05, 0) is 93.7 Å². The zero-order valence-corrected chi connectivity index (χ0v) is 24.4. The molecule has 9 rings (SSSR count). The summed E-state index contributed by atoms with van der Waals surface area (Å²) in [6, 6.07) is 54.1. The first-order valence-corrected chi connectivity index (χ1v) is 15.2. The largest absolute Gasteiger partial charge is 0.0616 e. The van der Waals surface area contributed by atoms with Gasteiger partial charge in [-0.15, -0.1) is 0 Å². The van der Waals surface area contributed by atoms with Crippen LogP contribution in [0.4, 0.5) is 0 Å². The van der Waals surface area contributed by atoms with E-state index in [1.54, 1.807) is 0 Å². The van der Waals surface area contributed by atoms with Crippen molar-refractivity contribution in [2.45, 2.75) is 19.3 Å². The van der Waals surface area contributed by atoms with Crippen molar-refractivity contribution in [3.05, 3.63) is 157 Å². The van der Waals surface area contributed by atoms with Crippen molar-refractivity contribution in [1.29, 1.82) is 0 Å². The summed E-state index contributed by atoms with van der Waals surface area (Å²) in [6.45, 7) is 4.81. The van der Waals surface area contributed by atoms with Crippen molar-refractivity contribution in [1.82, 2.24) is 0 Å². The molecule has 0 spiro atoms. The quantitative estimate of drug-likeness (QED) is 0.189. The monoisotopic (exact) mass is 546 g/mol. The molecule has 0 saturated carbocycles. The lowest BCUT2D eigenvalue weighted by Crippen LogP contribution is -2.16. The summed E-state index contributed by atoms with van der Waals surface area (Å²) in [7, 11) is 0. The molecule has 0 unspecified atom stereocenters. The second-order valence-corrected chi connectivity index (χ2v) is 12.5. The highest BCUT2D eigenvalue weighted by molar-refractivity contribution is 6.22. The maximum atomic E-state index is 2.41. The van der Waals surface area contributed by atoms with Gasteiger partial charge in [0.15, 0.2) is 0 Å². The van der Waals surface area contributed by atoms with Crippen molar-refractivity contribution in [3.63, 3.8) is 0 Å². The third-order valence-electron chi connectivity index (χ3n) is 9.80. The molecular weight excluding hydrogens is 516 g/mol. The van der Waals surface area contributed by atoms with Gasteiger partial charge in [0.05, 0.1) is 0 Å². The maximum absolute atomic E-state index is 2.41. The number of hydrogen-bond acceptors (Lipinski definition) is 0. The van der Waals surface area contributed by atoms with Gasteiger partial charge in [-0.3, -0.25) is 0 Å². The number of fused-ring (bicyclic) bond motifs is 8. The topological polar surface area (TPSA) is 0 Å². The molecule has 0 radical (unpaired) electrons. The van der Waals surface area contributed by atoms with E-state index in [0.717, 1.165) is 0 Å². The summed E-state index contributed by atoms with van der Waals surface area (Å²) >= 11 is 0. The minimum absolute atomic E-state index is 0.134. The van der Waals surface area contributed by atoms with E-state index in [2.05, 4.69) is 159 Å². The smallest absolute Gasteiger partial charge is 0.0165 e. The van der Waals surface area contributed by atoms with Gasteiger partial charge in [-0.1, -0.05) is 153 Å². The second kappa shape index (κ2) is 8.90. The van der Waals surface area contributed by atoms with Gasteiger partial charge in [0.2, 0.25) is 0 Å². The minimum atomic E-state index is -0.134. The first kappa shape index (κ1) is 24.4. The van der Waals surface area contributed by atoms with Crippen molar-refractivity contribution >= 4 is 43.1 Å². The van der Waals surface area contributed by atoms with Gasteiger partial charge < -0.3 is 0 Å². The Balaban J connectivity index is 1.40. The summed E-state index contributed by atoms with van der Waals surface area (Å²) < 4.78 is 0. The highest BCUT2D eigenvalue weighted by atomic mass is 14.4. The van der Waals surface area contributed by atoms with Gasteiger partial charge in [-0.2, -0.15) is 0 Å². The second-order valence-electron chi connectivity index (χ2n) is 12.5. The summed E-state index contributed by atoms with van der Waals surface area (Å²) in [5, 5.41) is 10.4. The molecule has 1 aliphatic rings. The number of rotatable bonds is 2. The van der Waals surface area contributed by atoms with E-state index < -0.39 is 0 Å². The maximum Gasteiger partial charge on any atom is 0.0165 e. The Labute approximate surface area is 251 Å². The zero-order valence-electron chi connectivity index (χ0n) is 24.4. The zero-order chi connectivity index (χ0) is 28.7. The average Bonchev–Trinajstić information content (AvgIpc) is 3.30. The Morgan fingerprint density at radius 3 is 1.56 bits per heavy atom. The molecule has 0 amide bonds. The van der Waals surface area contributed by atoms with E-state index in [9.17, 15) is 0 Å². The molecule has 43 heavy (non-hydrogen) atoms. The Kier molecular flexibility index (Phi) is 5.05. The Hall–Kier alpha value is -5.20. The lowest BCUT2D eigenvalue weighted by atomic mass is 9.76. The normalized spacial score (nSPS) is 13.5. The predicted octanol–water partition coefficient (Wildman–Crippen LogP) is 11.9. The third kappa shape index (κ3) is 3.38. The van der Waals surface area contributed by atoms with E-state index in [4.69, 9.17) is 0 Å². The molecule has 0 nitrogen and oxygen atoms in total. The summed E-state index contributed by atoms with van der Waals surface area (Å²) in [5.74, 6) is 0. The van der Waals surface area contributed by atoms with Crippen molar-refractivity contribution in [2.24, 2.45) is 0 Å². The molecule has 8 aromatic carbocycles. The molecular formula is C43H30. The van der Waals surface area contributed by atoms with Crippen LogP contribution in [-0.2, 0) is 5.41 Å². The van der Waals surface area contributed by atoms with Crippen LogP contribution >= 0.6 is 0 Å². The SMILES string of the molecule is CC1(C)c2ccc3ccccc3c2-c2cccc(-c3c4ccccc4c(-c4ccc5ccccc5c4)c4ccccc34)c21. The van der Waals surface area contributed by atoms with Gasteiger partial charge in [-0.25, -0.2) is 0 Å². The molecule has 8 aromatic rings. The van der Waals surface area contributed by atoms with Crippen LogP contribution in [0.1, 0.15) is 25.0 Å². The molecule has 0 heteroatoms. The molecule has 0 fully saturated rings. The molecule has 0 N–H and O–H groups in total. The number of hydrogen-bond donors (Lipinski definition) is 0. The molecule has 0 heterocycles. The van der Waals surface area contributed by atoms with Gasteiger partial charge >= 0.3 is 0 Å². The molecule has 0 saturated heterocycles. The minimum Gasteiger partial charge on any atom is -0.0616 e. The molecule has 1 aliphatic carbocycles. The first-order chi connectivity index (χ1) is 21.1. The Morgan fingerprint density at radius 1 is 0.372 bits per heavy atom. The van der Waals surface area contributed by atoms with Crippen LogP contribution in [0.15, 0.2) is 146 Å². The van der Waals surface area contributed by atoms with E-state index >= 15 is 0 Å². The summed E-state index contributed by atoms with van der Waals surface area (Å²) in [4.78, 5) is 0. The van der Waals surface area contributed by atoms with Gasteiger partial charge in [0.1, 0.15) is 0 Å². The lowest BCUT2D eigenvalue weighted by Gasteiger charge is -2.26. The van der Waals surface area contributed by atoms with Crippen LogP contribution in [0.25, 0.3) is 76.5 Å². The van der Waals surface area contributed by atoms with Gasteiger partial charge in [0, 0.05) is 5.41 Å². The van der Waals surface area contributed by atoms with Crippen LogP contribution in [0.5, 0.6) is 0 Å². The van der Waals surface area contributed by atoms with Crippen molar-refractivity contribution < 1.29 is 0 Å². The fourth-order valence-corrected chi connectivity index (χ4v) is 7.93. The lowest BCUT2D eigenvalue weighted by molar-refractivity contribution is 0.663. The van der Waals surface area contributed by atoms with E-state index in [1.807, 2.05) is 0 Å². The Morgan fingerprint density at radius 2 is 0.884 bits per heavy atom. The molecule has 0 aromatic heterocycles. The fourth-order valence-electron chi connectivity index (χ4n) is 7.93. The standard InChI is InChI=1S/C43H30/c1-43(2)38-25-24-28-13-5-6-15-31(28)41(38)37-21-11-20-36(42(37)43)40-34-18-9-7-16-32(34)39(33-17-8-10-19-35(33)40)30-23-22-27-12-3-4-14-29(27)26-30/h3-26H,1-2H3.